The lowest BCUT2D eigenvalue weighted by atomic mass is 9.94. The number of benzene rings is 8. The first-order chi connectivity index (χ1) is 28.7. The molecule has 0 saturated carbocycles. The van der Waals surface area contributed by atoms with Gasteiger partial charge in [-0.1, -0.05) is 133 Å². The van der Waals surface area contributed by atoms with Crippen molar-refractivity contribution in [3.63, 3.8) is 0 Å². The molecule has 0 aliphatic rings. The summed E-state index contributed by atoms with van der Waals surface area (Å²) in [5.41, 5.74) is 15.1. The zero-order chi connectivity index (χ0) is 38.6. The fourth-order valence-corrected chi connectivity index (χ4v) is 8.62. The summed E-state index contributed by atoms with van der Waals surface area (Å²) in [5.74, 6) is 0.842. The van der Waals surface area contributed by atoms with Crippen LogP contribution >= 0.6 is 0 Å². The Morgan fingerprint density at radius 2 is 1.03 bits per heavy atom. The fraction of sp³-hybridized carbons (Fsp3) is 0.0182. The molecule has 274 valence electrons. The third-order valence-corrected chi connectivity index (χ3v) is 11.3. The highest BCUT2D eigenvalue weighted by Gasteiger charge is 2.17. The van der Waals surface area contributed by atoms with Crippen LogP contribution in [0.15, 0.2) is 197 Å². The van der Waals surface area contributed by atoms with Crippen molar-refractivity contribution in [1.29, 1.82) is 0 Å². The summed E-state index contributed by atoms with van der Waals surface area (Å²) >= 11 is 0. The Morgan fingerprint density at radius 3 is 1.76 bits per heavy atom. The summed E-state index contributed by atoms with van der Waals surface area (Å²) in [4.78, 5) is 0. The van der Waals surface area contributed by atoms with Crippen molar-refractivity contribution >= 4 is 72.9 Å². The molecule has 58 heavy (non-hydrogen) atoms. The highest BCUT2D eigenvalue weighted by Crippen LogP contribution is 2.39. The van der Waals surface area contributed by atoms with Crippen molar-refractivity contribution in [1.82, 2.24) is 4.57 Å². The van der Waals surface area contributed by atoms with Crippen LogP contribution < -0.4 is 0 Å². The summed E-state index contributed by atoms with van der Waals surface area (Å²) < 4.78 is 15.4. The zero-order valence-corrected chi connectivity index (χ0v) is 31.9. The van der Waals surface area contributed by atoms with Gasteiger partial charge in [0, 0.05) is 43.7 Å². The number of hydrogen-bond acceptors (Lipinski definition) is 2. The number of para-hydroxylation sites is 3. The van der Waals surface area contributed by atoms with Gasteiger partial charge < -0.3 is 13.4 Å². The average Bonchev–Trinajstić information content (AvgIpc) is 3.95. The van der Waals surface area contributed by atoms with E-state index in [0.29, 0.717) is 0 Å². The molecule has 3 heteroatoms. The Hall–Kier alpha value is -7.62. The van der Waals surface area contributed by atoms with Gasteiger partial charge in [-0.25, -0.2) is 0 Å². The zero-order valence-electron chi connectivity index (χ0n) is 31.9. The second kappa shape index (κ2) is 13.8. The number of rotatable bonds is 7. The second-order valence-corrected chi connectivity index (χ2v) is 14.8. The Kier molecular flexibility index (Phi) is 8.04. The average molecular weight is 744 g/mol. The number of aromatic nitrogens is 1. The van der Waals surface area contributed by atoms with E-state index < -0.39 is 0 Å². The topological polar surface area (TPSA) is 31.2 Å². The normalized spacial score (nSPS) is 12.1. The summed E-state index contributed by atoms with van der Waals surface area (Å²) in [7, 11) is 0. The largest absolute Gasteiger partial charge is 0.456 e. The van der Waals surface area contributed by atoms with Crippen molar-refractivity contribution in [3.8, 4) is 39.1 Å². The van der Waals surface area contributed by atoms with Gasteiger partial charge >= 0.3 is 0 Å². The lowest BCUT2D eigenvalue weighted by molar-refractivity contribution is 0.604. The minimum Gasteiger partial charge on any atom is -0.456 e. The van der Waals surface area contributed by atoms with E-state index >= 15 is 0 Å². The molecule has 0 aliphatic carbocycles. The van der Waals surface area contributed by atoms with Crippen molar-refractivity contribution in [3.05, 3.63) is 205 Å². The van der Waals surface area contributed by atoms with Crippen LogP contribution in [0.1, 0.15) is 23.8 Å². The van der Waals surface area contributed by atoms with E-state index in [1.807, 2.05) is 19.1 Å². The molecule has 0 saturated heterocycles. The van der Waals surface area contributed by atoms with Gasteiger partial charge in [-0.3, -0.25) is 0 Å². The lowest BCUT2D eigenvalue weighted by Crippen LogP contribution is -1.93. The first kappa shape index (κ1) is 33.7. The lowest BCUT2D eigenvalue weighted by Gasteiger charge is -2.10. The van der Waals surface area contributed by atoms with Crippen LogP contribution in [0.4, 0.5) is 0 Å². The van der Waals surface area contributed by atoms with Crippen LogP contribution in [0.25, 0.3) is 112 Å². The van der Waals surface area contributed by atoms with E-state index in [-0.39, 0.29) is 0 Å². The van der Waals surface area contributed by atoms with E-state index in [4.69, 9.17) is 8.83 Å². The molecule has 11 rings (SSSR count). The quantitative estimate of drug-likeness (QED) is 0.163. The van der Waals surface area contributed by atoms with Crippen molar-refractivity contribution < 1.29 is 8.83 Å². The van der Waals surface area contributed by atoms with Crippen LogP contribution in [0.3, 0.4) is 0 Å². The molecule has 0 bridgehead atoms. The van der Waals surface area contributed by atoms with Crippen LogP contribution in [0.5, 0.6) is 0 Å². The predicted molar refractivity (Wildman–Crippen MR) is 244 cm³/mol. The summed E-state index contributed by atoms with van der Waals surface area (Å²) in [6, 6.07) is 64.7. The standard InChI is InChI=1S/C55H37NO2/c1-2-14-52-46(47-22-13-21-43(55(47)58-52)38-17-7-4-8-18-38)28-25-36-31-40(37-15-5-3-6-16-37)33-41(32-36)39-26-29-53-48(34-39)49-35-42(27-30-54(49)57-53)56-50-23-11-9-19-44(50)45-20-10-12-24-51(45)56/h2-35H,1H3/b14-2-,28-25+. The summed E-state index contributed by atoms with van der Waals surface area (Å²) in [6.45, 7) is 2.03. The van der Waals surface area contributed by atoms with Crippen molar-refractivity contribution in [2.75, 3.05) is 0 Å². The molecule has 8 aromatic carbocycles. The monoisotopic (exact) mass is 743 g/mol. The Morgan fingerprint density at radius 1 is 0.414 bits per heavy atom. The number of furan rings is 2. The van der Waals surface area contributed by atoms with Gasteiger partial charge in [0.25, 0.3) is 0 Å². The Bertz CT molecular complexity index is 3340. The highest BCUT2D eigenvalue weighted by molar-refractivity contribution is 6.11. The Labute approximate surface area is 336 Å². The third-order valence-electron chi connectivity index (χ3n) is 11.3. The predicted octanol–water partition coefficient (Wildman–Crippen LogP) is 15.6. The van der Waals surface area contributed by atoms with Gasteiger partial charge in [-0.2, -0.15) is 0 Å². The molecule has 0 aliphatic heterocycles. The fourth-order valence-electron chi connectivity index (χ4n) is 8.62. The molecule has 0 amide bonds. The molecule has 0 N–H and O–H groups in total. The molecule has 0 unspecified atom stereocenters. The smallest absolute Gasteiger partial charge is 0.143 e. The number of hydrogen-bond donors (Lipinski definition) is 0. The number of fused-ring (bicyclic) bond motifs is 7. The van der Waals surface area contributed by atoms with Crippen LogP contribution in [0, 0.1) is 0 Å². The maximum Gasteiger partial charge on any atom is 0.143 e. The summed E-state index contributed by atoms with van der Waals surface area (Å²) in [5, 5.41) is 5.76. The first-order valence-corrected chi connectivity index (χ1v) is 19.8. The van der Waals surface area contributed by atoms with E-state index in [2.05, 4.69) is 199 Å². The molecule has 3 nitrogen and oxygen atoms in total. The van der Waals surface area contributed by atoms with Crippen LogP contribution in [0.2, 0.25) is 0 Å². The maximum absolute atomic E-state index is 6.59. The van der Waals surface area contributed by atoms with Gasteiger partial charge in [0.1, 0.15) is 22.5 Å². The minimum atomic E-state index is 0.842. The van der Waals surface area contributed by atoms with Gasteiger partial charge in [0.05, 0.1) is 11.0 Å². The summed E-state index contributed by atoms with van der Waals surface area (Å²) in [6.07, 6.45) is 8.50. The maximum atomic E-state index is 6.59. The molecule has 3 heterocycles. The van der Waals surface area contributed by atoms with E-state index in [0.717, 1.165) is 83.3 Å². The molecule has 3 aromatic heterocycles. The molecule has 0 radical (unpaired) electrons. The second-order valence-electron chi connectivity index (χ2n) is 14.8. The SMILES string of the molecule is C/C=C\c1oc2c(-c3ccccc3)cccc2c1/C=C/c1cc(-c2ccccc2)cc(-c2ccc3oc4ccc(-n5c6ccccc6c6ccccc65)cc4c3c2)c1. The van der Waals surface area contributed by atoms with Gasteiger partial charge in [0.15, 0.2) is 0 Å². The Balaban J connectivity index is 1.05. The van der Waals surface area contributed by atoms with Crippen LogP contribution in [-0.2, 0) is 0 Å². The van der Waals surface area contributed by atoms with E-state index in [9.17, 15) is 0 Å². The molecule has 0 spiro atoms. The molecular formula is C55H37NO2. The van der Waals surface area contributed by atoms with E-state index in [1.54, 1.807) is 0 Å². The number of nitrogens with zero attached hydrogens (tertiary/aromatic N) is 1. The molecule has 0 fully saturated rings. The third kappa shape index (κ3) is 5.67. The molecule has 0 atom stereocenters. The first-order valence-electron chi connectivity index (χ1n) is 19.8. The van der Waals surface area contributed by atoms with Gasteiger partial charge in [-0.05, 0) is 113 Å². The molecular weight excluding hydrogens is 707 g/mol. The minimum absolute atomic E-state index is 0.842. The molecule has 11 aromatic rings. The van der Waals surface area contributed by atoms with Gasteiger partial charge in [-0.15, -0.1) is 0 Å². The highest BCUT2D eigenvalue weighted by atomic mass is 16.3. The van der Waals surface area contributed by atoms with E-state index in [1.165, 1.54) is 27.4 Å². The van der Waals surface area contributed by atoms with Gasteiger partial charge in [0.2, 0.25) is 0 Å². The number of allylic oxidation sites excluding steroid dienone is 1. The van der Waals surface area contributed by atoms with Crippen LogP contribution in [-0.4, -0.2) is 4.57 Å². The van der Waals surface area contributed by atoms with Crippen molar-refractivity contribution in [2.24, 2.45) is 0 Å². The van der Waals surface area contributed by atoms with Crippen molar-refractivity contribution in [2.45, 2.75) is 6.92 Å².